The smallest absolute Gasteiger partial charge is 0.410 e. The number of likely N-dealkylation sites (tertiary alicyclic amines) is 1. The average Bonchev–Trinajstić information content (AvgIpc) is 2.53. The number of nitrogens with zero attached hydrogens (tertiary/aromatic N) is 1. The lowest BCUT2D eigenvalue weighted by molar-refractivity contribution is 0.0123. The molecule has 1 saturated heterocycles. The molecule has 0 spiro atoms. The number of carbonyl (C=O) groups excluding carboxylic acids is 1. The zero-order valence-corrected chi connectivity index (χ0v) is 14.4. The molecule has 1 aromatic rings. The van der Waals surface area contributed by atoms with Gasteiger partial charge in [0.2, 0.25) is 0 Å². The Bertz CT molecular complexity index is 559. The molecule has 4 nitrogen and oxygen atoms in total. The van der Waals surface area contributed by atoms with Crippen LogP contribution in [0.15, 0.2) is 24.3 Å². The van der Waals surface area contributed by atoms with Crippen molar-refractivity contribution in [3.63, 3.8) is 0 Å². The first-order chi connectivity index (χ1) is 11.2. The quantitative estimate of drug-likeness (QED) is 0.907. The molecule has 0 bridgehead atoms. The van der Waals surface area contributed by atoms with Crippen LogP contribution in [0.5, 0.6) is 0 Å². The summed E-state index contributed by atoms with van der Waals surface area (Å²) in [5.41, 5.74) is -0.247. The zero-order chi connectivity index (χ0) is 18.0. The van der Waals surface area contributed by atoms with Crippen molar-refractivity contribution in [1.29, 1.82) is 0 Å². The van der Waals surface area contributed by atoms with Crippen molar-refractivity contribution in [1.82, 2.24) is 4.90 Å². The minimum absolute atomic E-state index is 0.0296. The van der Waals surface area contributed by atoms with Gasteiger partial charge in [-0.3, -0.25) is 0 Å². The third-order valence-corrected chi connectivity index (χ3v) is 4.45. The SMILES string of the molecule is CC(C)(C)OC(=O)N1CCC(CO)(c2ccc(C(F)F)cc2)CC1. The van der Waals surface area contributed by atoms with E-state index in [1.165, 1.54) is 12.1 Å². The van der Waals surface area contributed by atoms with Crippen LogP contribution >= 0.6 is 0 Å². The Hall–Kier alpha value is -1.69. The van der Waals surface area contributed by atoms with Crippen molar-refractivity contribution in [3.05, 3.63) is 35.4 Å². The van der Waals surface area contributed by atoms with E-state index in [1.54, 1.807) is 17.0 Å². The van der Waals surface area contributed by atoms with Crippen LogP contribution in [0.2, 0.25) is 0 Å². The fourth-order valence-corrected chi connectivity index (χ4v) is 2.96. The van der Waals surface area contributed by atoms with Gasteiger partial charge >= 0.3 is 6.09 Å². The van der Waals surface area contributed by atoms with Crippen LogP contribution in [0, 0.1) is 0 Å². The van der Waals surface area contributed by atoms with Gasteiger partial charge in [0.25, 0.3) is 6.43 Å². The monoisotopic (exact) mass is 341 g/mol. The molecule has 1 aromatic carbocycles. The topological polar surface area (TPSA) is 49.8 Å². The van der Waals surface area contributed by atoms with Crippen LogP contribution < -0.4 is 0 Å². The Balaban J connectivity index is 2.07. The van der Waals surface area contributed by atoms with E-state index in [0.717, 1.165) is 5.56 Å². The van der Waals surface area contributed by atoms with E-state index in [0.29, 0.717) is 25.9 Å². The summed E-state index contributed by atoms with van der Waals surface area (Å²) in [5, 5.41) is 9.90. The number of benzene rings is 1. The van der Waals surface area contributed by atoms with E-state index >= 15 is 0 Å². The van der Waals surface area contributed by atoms with Gasteiger partial charge in [0.05, 0.1) is 6.61 Å². The average molecular weight is 341 g/mol. The van der Waals surface area contributed by atoms with Gasteiger partial charge < -0.3 is 14.7 Å². The van der Waals surface area contributed by atoms with Crippen molar-refractivity contribution in [2.75, 3.05) is 19.7 Å². The minimum atomic E-state index is -2.50. The summed E-state index contributed by atoms with van der Waals surface area (Å²) in [6.07, 6.45) is -1.73. The lowest BCUT2D eigenvalue weighted by Gasteiger charge is -2.41. The van der Waals surface area contributed by atoms with Gasteiger partial charge in [0.1, 0.15) is 5.60 Å². The lowest BCUT2D eigenvalue weighted by Crippen LogP contribution is -2.48. The first-order valence-electron chi connectivity index (χ1n) is 8.14. The van der Waals surface area contributed by atoms with Crippen LogP contribution in [0.1, 0.15) is 51.2 Å². The van der Waals surface area contributed by atoms with E-state index in [1.807, 2.05) is 20.8 Å². The fourth-order valence-electron chi connectivity index (χ4n) is 2.96. The van der Waals surface area contributed by atoms with Crippen molar-refractivity contribution in [2.24, 2.45) is 0 Å². The highest BCUT2D eigenvalue weighted by molar-refractivity contribution is 5.68. The zero-order valence-electron chi connectivity index (χ0n) is 14.4. The molecule has 1 fully saturated rings. The molecule has 0 aromatic heterocycles. The Kier molecular flexibility index (Phi) is 5.48. The standard InChI is InChI=1S/C18H25F2NO3/c1-17(2,3)24-16(23)21-10-8-18(12-22,9-11-21)14-6-4-13(5-7-14)15(19)20/h4-7,15,22H,8-12H2,1-3H3. The third-order valence-electron chi connectivity index (χ3n) is 4.45. The summed E-state index contributed by atoms with van der Waals surface area (Å²) in [5.74, 6) is 0. The number of halogens is 2. The molecule has 2 rings (SSSR count). The highest BCUT2D eigenvalue weighted by Gasteiger charge is 2.38. The molecule has 0 saturated carbocycles. The maximum atomic E-state index is 12.7. The molecule has 0 unspecified atom stereocenters. The number of alkyl halides is 2. The summed E-state index contributed by atoms with van der Waals surface area (Å²) in [4.78, 5) is 13.8. The van der Waals surface area contributed by atoms with Gasteiger partial charge in [-0.2, -0.15) is 0 Å². The first kappa shape index (κ1) is 18.6. The molecule has 0 aliphatic carbocycles. The number of hydrogen-bond donors (Lipinski definition) is 1. The van der Waals surface area contributed by atoms with E-state index in [2.05, 4.69) is 0 Å². The number of aliphatic hydroxyl groups excluding tert-OH is 1. The maximum absolute atomic E-state index is 12.7. The summed E-state index contributed by atoms with van der Waals surface area (Å²) < 4.78 is 30.7. The Morgan fingerprint density at radius 3 is 2.21 bits per heavy atom. The molecule has 24 heavy (non-hydrogen) atoms. The Morgan fingerprint density at radius 1 is 1.25 bits per heavy atom. The van der Waals surface area contributed by atoms with Crippen molar-refractivity contribution >= 4 is 6.09 Å². The minimum Gasteiger partial charge on any atom is -0.444 e. The Labute approximate surface area is 141 Å². The normalized spacial score (nSPS) is 17.9. The Morgan fingerprint density at radius 2 is 1.79 bits per heavy atom. The highest BCUT2D eigenvalue weighted by atomic mass is 19.3. The second kappa shape index (κ2) is 7.05. The molecule has 1 aliphatic heterocycles. The number of piperidine rings is 1. The van der Waals surface area contributed by atoms with Gasteiger partial charge in [-0.15, -0.1) is 0 Å². The van der Waals surface area contributed by atoms with Gasteiger partial charge in [-0.05, 0) is 39.2 Å². The molecular formula is C18H25F2NO3. The maximum Gasteiger partial charge on any atom is 0.410 e. The molecule has 6 heteroatoms. The summed E-state index contributed by atoms with van der Waals surface area (Å²) in [6, 6.07) is 6.11. The largest absolute Gasteiger partial charge is 0.444 e. The summed E-state index contributed by atoms with van der Waals surface area (Å²) in [6.45, 7) is 6.30. The number of amides is 1. The van der Waals surface area contributed by atoms with Gasteiger partial charge in [-0.25, -0.2) is 13.6 Å². The van der Waals surface area contributed by atoms with Crippen molar-refractivity contribution < 1.29 is 23.4 Å². The van der Waals surface area contributed by atoms with Crippen LogP contribution in [-0.4, -0.2) is 41.4 Å². The van der Waals surface area contributed by atoms with Gasteiger partial charge in [0, 0.05) is 24.1 Å². The van der Waals surface area contributed by atoms with E-state index < -0.39 is 17.4 Å². The van der Waals surface area contributed by atoms with Crippen molar-refractivity contribution in [2.45, 2.75) is 51.1 Å². The molecule has 1 amide bonds. The summed E-state index contributed by atoms with van der Waals surface area (Å²) in [7, 11) is 0. The molecule has 1 heterocycles. The first-order valence-corrected chi connectivity index (χ1v) is 8.14. The molecule has 1 N–H and O–H groups in total. The second-order valence-corrected chi connectivity index (χ2v) is 7.33. The van der Waals surface area contributed by atoms with E-state index in [-0.39, 0.29) is 18.3 Å². The van der Waals surface area contributed by atoms with Crippen LogP contribution in [0.4, 0.5) is 13.6 Å². The number of carbonyl (C=O) groups is 1. The number of rotatable bonds is 3. The molecule has 0 atom stereocenters. The predicted octanol–water partition coefficient (Wildman–Crippen LogP) is 3.89. The van der Waals surface area contributed by atoms with Crippen molar-refractivity contribution in [3.8, 4) is 0 Å². The van der Waals surface area contributed by atoms with E-state index in [4.69, 9.17) is 4.74 Å². The number of ether oxygens (including phenoxy) is 1. The highest BCUT2D eigenvalue weighted by Crippen LogP contribution is 2.36. The fraction of sp³-hybridized carbons (Fsp3) is 0.611. The van der Waals surface area contributed by atoms with Gasteiger partial charge in [0.15, 0.2) is 0 Å². The molecule has 134 valence electrons. The second-order valence-electron chi connectivity index (χ2n) is 7.33. The van der Waals surface area contributed by atoms with Crippen LogP contribution in [0.25, 0.3) is 0 Å². The third kappa shape index (κ3) is 4.23. The molecular weight excluding hydrogens is 316 g/mol. The van der Waals surface area contributed by atoms with E-state index in [9.17, 15) is 18.7 Å². The molecule has 0 radical (unpaired) electrons. The van der Waals surface area contributed by atoms with Crippen LogP contribution in [0.3, 0.4) is 0 Å². The van der Waals surface area contributed by atoms with Gasteiger partial charge in [-0.1, -0.05) is 24.3 Å². The predicted molar refractivity (Wildman–Crippen MR) is 87.2 cm³/mol. The van der Waals surface area contributed by atoms with Crippen LogP contribution in [-0.2, 0) is 10.2 Å². The number of hydrogen-bond acceptors (Lipinski definition) is 3. The summed E-state index contributed by atoms with van der Waals surface area (Å²) >= 11 is 0. The molecule has 1 aliphatic rings. The lowest BCUT2D eigenvalue weighted by atomic mass is 9.73. The number of aliphatic hydroxyl groups is 1.